The second-order valence-electron chi connectivity index (χ2n) is 6.23. The van der Waals surface area contributed by atoms with Crippen LogP contribution in [-0.2, 0) is 10.0 Å². The number of sulfonamides is 1. The zero-order chi connectivity index (χ0) is 13.3. The van der Waals surface area contributed by atoms with Gasteiger partial charge in [0.2, 0.25) is 10.0 Å². The van der Waals surface area contributed by atoms with Gasteiger partial charge in [0.15, 0.2) is 0 Å². The van der Waals surface area contributed by atoms with Gasteiger partial charge in [-0.2, -0.15) is 4.31 Å². The summed E-state index contributed by atoms with van der Waals surface area (Å²) in [6.07, 6.45) is 1.29. The van der Waals surface area contributed by atoms with Gasteiger partial charge >= 0.3 is 0 Å². The first-order valence-corrected chi connectivity index (χ1v) is 8.13. The van der Waals surface area contributed by atoms with Crippen LogP contribution in [0.5, 0.6) is 0 Å². The summed E-state index contributed by atoms with van der Waals surface area (Å²) in [6.45, 7) is 13.1. The van der Waals surface area contributed by atoms with Gasteiger partial charge in [-0.15, -0.1) is 0 Å². The van der Waals surface area contributed by atoms with Gasteiger partial charge in [-0.25, -0.2) is 8.42 Å². The van der Waals surface area contributed by atoms with Crippen molar-refractivity contribution in [3.63, 3.8) is 0 Å². The van der Waals surface area contributed by atoms with Crippen LogP contribution < -0.4 is 0 Å². The molecule has 0 radical (unpaired) electrons. The van der Waals surface area contributed by atoms with Gasteiger partial charge in [-0.3, -0.25) is 0 Å². The van der Waals surface area contributed by atoms with E-state index in [-0.39, 0.29) is 0 Å². The zero-order valence-corrected chi connectivity index (χ0v) is 12.5. The maximum atomic E-state index is 11.4. The van der Waals surface area contributed by atoms with Crippen LogP contribution in [0.3, 0.4) is 0 Å². The van der Waals surface area contributed by atoms with E-state index >= 15 is 0 Å². The Morgan fingerprint density at radius 2 is 1.59 bits per heavy atom. The molecule has 1 heterocycles. The molecule has 102 valence electrons. The van der Waals surface area contributed by atoms with E-state index in [9.17, 15) is 8.42 Å². The van der Waals surface area contributed by atoms with E-state index in [1.54, 1.807) is 4.31 Å². The number of rotatable bonds is 3. The van der Waals surface area contributed by atoms with Gasteiger partial charge in [0, 0.05) is 32.7 Å². The molecule has 0 aromatic rings. The van der Waals surface area contributed by atoms with Gasteiger partial charge in [0.05, 0.1) is 6.26 Å². The molecule has 1 saturated heterocycles. The number of hydrogen-bond acceptors (Lipinski definition) is 3. The molecule has 0 aromatic carbocycles. The van der Waals surface area contributed by atoms with Gasteiger partial charge in [-0.1, -0.05) is 27.7 Å². The Kier molecular flexibility index (Phi) is 4.60. The van der Waals surface area contributed by atoms with Crippen LogP contribution in [0, 0.1) is 11.3 Å². The van der Waals surface area contributed by atoms with Gasteiger partial charge in [0.1, 0.15) is 0 Å². The molecular formula is C12H26N2O2S. The summed E-state index contributed by atoms with van der Waals surface area (Å²) in [6, 6.07) is 0. The third-order valence-corrected chi connectivity index (χ3v) is 5.11. The van der Waals surface area contributed by atoms with Crippen LogP contribution in [0.15, 0.2) is 0 Å². The number of hydrogen-bond donors (Lipinski definition) is 0. The van der Waals surface area contributed by atoms with Crippen LogP contribution in [0.25, 0.3) is 0 Å². The van der Waals surface area contributed by atoms with Crippen molar-refractivity contribution in [3.05, 3.63) is 0 Å². The monoisotopic (exact) mass is 262 g/mol. The predicted molar refractivity (Wildman–Crippen MR) is 71.5 cm³/mol. The average Bonchev–Trinajstić information content (AvgIpc) is 2.15. The second-order valence-corrected chi connectivity index (χ2v) is 8.21. The second kappa shape index (κ2) is 5.24. The smallest absolute Gasteiger partial charge is 0.211 e. The Hall–Kier alpha value is -0.130. The van der Waals surface area contributed by atoms with Crippen molar-refractivity contribution in [2.75, 3.05) is 39.0 Å². The molecule has 0 aliphatic carbocycles. The highest BCUT2D eigenvalue weighted by molar-refractivity contribution is 7.88. The zero-order valence-electron chi connectivity index (χ0n) is 11.7. The Morgan fingerprint density at radius 3 is 1.94 bits per heavy atom. The molecule has 1 aliphatic rings. The molecule has 0 N–H and O–H groups in total. The molecule has 1 rings (SSSR count). The fourth-order valence-corrected chi connectivity index (χ4v) is 2.73. The van der Waals surface area contributed by atoms with E-state index in [1.165, 1.54) is 6.26 Å². The first-order valence-electron chi connectivity index (χ1n) is 6.28. The Bertz CT molecular complexity index is 338. The molecule has 0 bridgehead atoms. The van der Waals surface area contributed by atoms with E-state index in [1.807, 2.05) is 0 Å². The highest BCUT2D eigenvalue weighted by Crippen LogP contribution is 2.26. The maximum Gasteiger partial charge on any atom is 0.211 e. The standard InChI is InChI=1S/C12H26N2O2S/c1-11(12(2,3)4)10-13-6-8-14(9-7-13)17(5,15)16/h11H,6-10H2,1-5H3. The number of nitrogens with zero attached hydrogens (tertiary/aromatic N) is 2. The SMILES string of the molecule is CC(CN1CCN(S(C)(=O)=O)CC1)C(C)(C)C. The first-order chi connectivity index (χ1) is 7.60. The van der Waals surface area contributed by atoms with Crippen LogP contribution in [0.2, 0.25) is 0 Å². The average molecular weight is 262 g/mol. The van der Waals surface area contributed by atoms with Crippen LogP contribution in [0.4, 0.5) is 0 Å². The van der Waals surface area contributed by atoms with Crippen LogP contribution in [-0.4, -0.2) is 56.6 Å². The van der Waals surface area contributed by atoms with Crippen molar-refractivity contribution in [1.29, 1.82) is 0 Å². The molecule has 17 heavy (non-hydrogen) atoms. The van der Waals surface area contributed by atoms with Crippen molar-refractivity contribution >= 4 is 10.0 Å². The lowest BCUT2D eigenvalue weighted by atomic mass is 9.82. The minimum Gasteiger partial charge on any atom is -0.300 e. The van der Waals surface area contributed by atoms with E-state index < -0.39 is 10.0 Å². The maximum absolute atomic E-state index is 11.4. The summed E-state index contributed by atoms with van der Waals surface area (Å²) >= 11 is 0. The van der Waals surface area contributed by atoms with Gasteiger partial charge in [0.25, 0.3) is 0 Å². The largest absolute Gasteiger partial charge is 0.300 e. The summed E-state index contributed by atoms with van der Waals surface area (Å²) in [4.78, 5) is 2.37. The lowest BCUT2D eigenvalue weighted by Gasteiger charge is -2.37. The molecule has 1 aliphatic heterocycles. The Balaban J connectivity index is 2.43. The molecule has 0 amide bonds. The molecule has 4 nitrogen and oxygen atoms in total. The minimum absolute atomic E-state index is 0.313. The summed E-state index contributed by atoms with van der Waals surface area (Å²) in [7, 11) is -3.00. The van der Waals surface area contributed by atoms with Crippen molar-refractivity contribution in [3.8, 4) is 0 Å². The molecule has 1 atom stereocenters. The Labute approximate surface area is 106 Å². The highest BCUT2D eigenvalue weighted by Gasteiger charge is 2.27. The predicted octanol–water partition coefficient (Wildman–Crippen LogP) is 1.25. The fraction of sp³-hybridized carbons (Fsp3) is 1.00. The Morgan fingerprint density at radius 1 is 1.12 bits per heavy atom. The summed E-state index contributed by atoms with van der Waals surface area (Å²) in [5.41, 5.74) is 0.313. The molecule has 1 unspecified atom stereocenters. The van der Waals surface area contributed by atoms with Gasteiger partial charge in [-0.05, 0) is 11.3 Å². The van der Waals surface area contributed by atoms with Crippen molar-refractivity contribution in [1.82, 2.24) is 9.21 Å². The lowest BCUT2D eigenvalue weighted by Crippen LogP contribution is -2.50. The van der Waals surface area contributed by atoms with Crippen LogP contribution in [0.1, 0.15) is 27.7 Å². The van der Waals surface area contributed by atoms with E-state index in [4.69, 9.17) is 0 Å². The fourth-order valence-electron chi connectivity index (χ4n) is 1.90. The van der Waals surface area contributed by atoms with E-state index in [2.05, 4.69) is 32.6 Å². The quantitative estimate of drug-likeness (QED) is 0.768. The van der Waals surface area contributed by atoms with E-state index in [0.29, 0.717) is 24.4 Å². The van der Waals surface area contributed by atoms with E-state index in [0.717, 1.165) is 19.6 Å². The van der Waals surface area contributed by atoms with Crippen molar-refractivity contribution in [2.45, 2.75) is 27.7 Å². The van der Waals surface area contributed by atoms with Crippen molar-refractivity contribution < 1.29 is 8.42 Å². The minimum atomic E-state index is -3.00. The van der Waals surface area contributed by atoms with Gasteiger partial charge < -0.3 is 4.90 Å². The molecule has 0 aromatic heterocycles. The van der Waals surface area contributed by atoms with Crippen LogP contribution >= 0.6 is 0 Å². The highest BCUT2D eigenvalue weighted by atomic mass is 32.2. The lowest BCUT2D eigenvalue weighted by molar-refractivity contribution is 0.126. The molecular weight excluding hydrogens is 236 g/mol. The molecule has 1 fully saturated rings. The third-order valence-electron chi connectivity index (χ3n) is 3.81. The summed E-state index contributed by atoms with van der Waals surface area (Å²) < 4.78 is 24.3. The first kappa shape index (κ1) is 14.9. The molecule has 5 heteroatoms. The summed E-state index contributed by atoms with van der Waals surface area (Å²) in [5.74, 6) is 0.618. The molecule has 0 saturated carbocycles. The topological polar surface area (TPSA) is 40.6 Å². The molecule has 0 spiro atoms. The third kappa shape index (κ3) is 4.56. The summed E-state index contributed by atoms with van der Waals surface area (Å²) in [5, 5.41) is 0. The normalized spacial score (nSPS) is 22.6. The number of piperazine rings is 1. The van der Waals surface area contributed by atoms with Crippen molar-refractivity contribution in [2.24, 2.45) is 11.3 Å².